The minimum atomic E-state index is -0.643. The molecular weight excluding hydrogens is 304 g/mol. The fourth-order valence-electron chi connectivity index (χ4n) is 2.96. The molecule has 0 saturated carbocycles. The zero-order chi connectivity index (χ0) is 17.5. The number of allylic oxidation sites excluding steroid dienone is 1. The second-order valence-electron chi connectivity index (χ2n) is 6.02. The molecule has 1 saturated heterocycles. The summed E-state index contributed by atoms with van der Waals surface area (Å²) in [7, 11) is 0. The van der Waals surface area contributed by atoms with E-state index in [0.717, 1.165) is 37.6 Å². The van der Waals surface area contributed by atoms with Crippen LogP contribution in [0.1, 0.15) is 27.2 Å². The van der Waals surface area contributed by atoms with Crippen LogP contribution in [0.25, 0.3) is 0 Å². The van der Waals surface area contributed by atoms with E-state index in [1.165, 1.54) is 19.5 Å². The standard InChI is InChI=1S/C19H26N2O3/c1-4-16(19(14(2)22)15(3)23)13-20-17-5-7-18(8-6-17)21-9-11-24-12-10-21/h5-8,13,19-20H,4,9-12H2,1-3H3/b16-13-. The van der Waals surface area contributed by atoms with Crippen LogP contribution in [0.5, 0.6) is 0 Å². The second kappa shape index (κ2) is 8.64. The quantitative estimate of drug-likeness (QED) is 0.779. The maximum Gasteiger partial charge on any atom is 0.144 e. The molecule has 0 radical (unpaired) electrons. The molecule has 0 aromatic heterocycles. The molecule has 0 amide bonds. The lowest BCUT2D eigenvalue weighted by Gasteiger charge is -2.28. The number of carbonyl (C=O) groups is 2. The molecule has 1 aromatic rings. The Morgan fingerprint density at radius 1 is 1.17 bits per heavy atom. The number of nitrogens with one attached hydrogen (secondary N) is 1. The third kappa shape index (κ3) is 4.68. The number of Topliss-reactive ketones (excluding diaryl/α,β-unsaturated/α-hetero) is 2. The molecular formula is C19H26N2O3. The van der Waals surface area contributed by atoms with Gasteiger partial charge in [0.15, 0.2) is 0 Å². The first kappa shape index (κ1) is 18.2. The molecule has 5 heteroatoms. The van der Waals surface area contributed by atoms with Crippen LogP contribution in [0.15, 0.2) is 36.0 Å². The van der Waals surface area contributed by atoms with Crippen LogP contribution in [-0.2, 0) is 14.3 Å². The van der Waals surface area contributed by atoms with E-state index in [9.17, 15) is 9.59 Å². The van der Waals surface area contributed by atoms with Gasteiger partial charge >= 0.3 is 0 Å². The van der Waals surface area contributed by atoms with Crippen molar-refractivity contribution in [3.8, 4) is 0 Å². The van der Waals surface area contributed by atoms with Gasteiger partial charge in [-0.3, -0.25) is 9.59 Å². The molecule has 1 aliphatic rings. The molecule has 130 valence electrons. The number of ketones is 2. The molecule has 0 atom stereocenters. The predicted octanol–water partition coefficient (Wildman–Crippen LogP) is 3.02. The first-order chi connectivity index (χ1) is 11.5. The molecule has 0 unspecified atom stereocenters. The summed E-state index contributed by atoms with van der Waals surface area (Å²) in [6.45, 7) is 8.23. The van der Waals surface area contributed by atoms with Crippen molar-refractivity contribution >= 4 is 22.9 Å². The highest BCUT2D eigenvalue weighted by Crippen LogP contribution is 2.21. The fraction of sp³-hybridized carbons (Fsp3) is 0.474. The zero-order valence-electron chi connectivity index (χ0n) is 14.7. The molecule has 5 nitrogen and oxygen atoms in total. The molecule has 24 heavy (non-hydrogen) atoms. The van der Waals surface area contributed by atoms with Crippen LogP contribution in [0, 0.1) is 5.92 Å². The van der Waals surface area contributed by atoms with E-state index in [1.807, 2.05) is 19.1 Å². The third-order valence-electron chi connectivity index (χ3n) is 4.26. The van der Waals surface area contributed by atoms with E-state index >= 15 is 0 Å². The minimum Gasteiger partial charge on any atom is -0.378 e. The SMILES string of the molecule is CC/C(=C/Nc1ccc(N2CCOCC2)cc1)C(C(C)=O)C(C)=O. The van der Waals surface area contributed by atoms with Gasteiger partial charge in [0.2, 0.25) is 0 Å². The summed E-state index contributed by atoms with van der Waals surface area (Å²) >= 11 is 0. The number of nitrogens with zero attached hydrogens (tertiary/aromatic N) is 1. The minimum absolute atomic E-state index is 0.111. The summed E-state index contributed by atoms with van der Waals surface area (Å²) in [5.74, 6) is -0.866. The molecule has 0 bridgehead atoms. The Kier molecular flexibility index (Phi) is 6.55. The van der Waals surface area contributed by atoms with Crippen LogP contribution in [0.3, 0.4) is 0 Å². The van der Waals surface area contributed by atoms with Gasteiger partial charge in [-0.05, 0) is 50.1 Å². The maximum atomic E-state index is 11.7. The van der Waals surface area contributed by atoms with Crippen molar-refractivity contribution in [1.29, 1.82) is 0 Å². The lowest BCUT2D eigenvalue weighted by atomic mass is 9.90. The molecule has 2 rings (SSSR count). The van der Waals surface area contributed by atoms with Gasteiger partial charge in [-0.15, -0.1) is 0 Å². The Morgan fingerprint density at radius 3 is 2.25 bits per heavy atom. The lowest BCUT2D eigenvalue weighted by Crippen LogP contribution is -2.36. The van der Waals surface area contributed by atoms with Gasteiger partial charge in [-0.25, -0.2) is 0 Å². The van der Waals surface area contributed by atoms with Crippen molar-refractivity contribution in [2.45, 2.75) is 27.2 Å². The van der Waals surface area contributed by atoms with Crippen molar-refractivity contribution < 1.29 is 14.3 Å². The van der Waals surface area contributed by atoms with Crippen LogP contribution in [0.2, 0.25) is 0 Å². The van der Waals surface area contributed by atoms with Crippen LogP contribution >= 0.6 is 0 Å². The van der Waals surface area contributed by atoms with Gasteiger partial charge in [0.1, 0.15) is 11.6 Å². The Balaban J connectivity index is 2.06. The summed E-state index contributed by atoms with van der Waals surface area (Å²) in [5, 5.41) is 3.21. The largest absolute Gasteiger partial charge is 0.378 e. The average molecular weight is 330 g/mol. The highest BCUT2D eigenvalue weighted by Gasteiger charge is 2.22. The number of ether oxygens (including phenoxy) is 1. The number of rotatable bonds is 7. The van der Waals surface area contributed by atoms with Crippen molar-refractivity contribution in [2.75, 3.05) is 36.5 Å². The normalized spacial score (nSPS) is 15.5. The van der Waals surface area contributed by atoms with E-state index < -0.39 is 5.92 Å². The summed E-state index contributed by atoms with van der Waals surface area (Å²) in [5.41, 5.74) is 2.92. The van der Waals surface area contributed by atoms with Crippen LogP contribution in [-0.4, -0.2) is 37.9 Å². The molecule has 0 spiro atoms. The first-order valence-electron chi connectivity index (χ1n) is 8.42. The monoisotopic (exact) mass is 330 g/mol. The predicted molar refractivity (Wildman–Crippen MR) is 96.3 cm³/mol. The van der Waals surface area contributed by atoms with E-state index in [0.29, 0.717) is 6.42 Å². The number of carbonyl (C=O) groups excluding carboxylic acids is 2. The third-order valence-corrected chi connectivity index (χ3v) is 4.26. The van der Waals surface area contributed by atoms with Crippen molar-refractivity contribution in [2.24, 2.45) is 5.92 Å². The Morgan fingerprint density at radius 2 is 1.75 bits per heavy atom. The summed E-state index contributed by atoms with van der Waals surface area (Å²) < 4.78 is 5.37. The van der Waals surface area contributed by atoms with Gasteiger partial charge in [-0.2, -0.15) is 0 Å². The number of benzene rings is 1. The number of hydrogen-bond donors (Lipinski definition) is 1. The average Bonchev–Trinajstić information content (AvgIpc) is 2.59. The van der Waals surface area contributed by atoms with Crippen LogP contribution in [0.4, 0.5) is 11.4 Å². The zero-order valence-corrected chi connectivity index (χ0v) is 14.7. The Bertz CT molecular complexity index is 588. The van der Waals surface area contributed by atoms with E-state index in [1.54, 1.807) is 6.20 Å². The van der Waals surface area contributed by atoms with Crippen LogP contribution < -0.4 is 10.2 Å². The number of morpholine rings is 1. The van der Waals surface area contributed by atoms with E-state index in [2.05, 4.69) is 22.3 Å². The maximum absolute atomic E-state index is 11.7. The van der Waals surface area contributed by atoms with Crippen molar-refractivity contribution in [1.82, 2.24) is 0 Å². The number of hydrogen-bond acceptors (Lipinski definition) is 5. The van der Waals surface area contributed by atoms with E-state index in [4.69, 9.17) is 4.74 Å². The van der Waals surface area contributed by atoms with Crippen molar-refractivity contribution in [3.63, 3.8) is 0 Å². The van der Waals surface area contributed by atoms with Gasteiger partial charge < -0.3 is 15.0 Å². The summed E-state index contributed by atoms with van der Waals surface area (Å²) in [6, 6.07) is 8.15. The Labute approximate surface area is 143 Å². The number of anilines is 2. The molecule has 0 aliphatic carbocycles. The highest BCUT2D eigenvalue weighted by molar-refractivity contribution is 6.03. The fourth-order valence-corrected chi connectivity index (χ4v) is 2.96. The topological polar surface area (TPSA) is 58.6 Å². The molecule has 1 heterocycles. The second-order valence-corrected chi connectivity index (χ2v) is 6.02. The molecule has 1 fully saturated rings. The highest BCUT2D eigenvalue weighted by atomic mass is 16.5. The van der Waals surface area contributed by atoms with E-state index in [-0.39, 0.29) is 11.6 Å². The Hall–Kier alpha value is -2.14. The molecule has 1 aliphatic heterocycles. The summed E-state index contributed by atoms with van der Waals surface area (Å²) in [6.07, 6.45) is 2.44. The van der Waals surface area contributed by atoms with Crippen molar-refractivity contribution in [3.05, 3.63) is 36.0 Å². The summed E-state index contributed by atoms with van der Waals surface area (Å²) in [4.78, 5) is 25.7. The first-order valence-corrected chi connectivity index (χ1v) is 8.42. The van der Waals surface area contributed by atoms with Gasteiger partial charge in [0.25, 0.3) is 0 Å². The van der Waals surface area contributed by atoms with Gasteiger partial charge in [0.05, 0.1) is 19.1 Å². The lowest BCUT2D eigenvalue weighted by molar-refractivity contribution is -0.128. The molecule has 1 aromatic carbocycles. The molecule has 1 N–H and O–H groups in total. The smallest absolute Gasteiger partial charge is 0.144 e. The van der Waals surface area contributed by atoms with Gasteiger partial charge in [0, 0.05) is 30.7 Å². The van der Waals surface area contributed by atoms with Gasteiger partial charge in [-0.1, -0.05) is 6.92 Å².